The molecule has 0 saturated carbocycles. The van der Waals surface area contributed by atoms with E-state index in [1.165, 1.54) is 5.56 Å². The highest BCUT2D eigenvalue weighted by atomic mass is 127. The summed E-state index contributed by atoms with van der Waals surface area (Å²) in [5.41, 5.74) is 1.21. The van der Waals surface area contributed by atoms with Crippen LogP contribution in [-0.4, -0.2) is 18.5 Å². The Bertz CT molecular complexity index is 379. The quantitative estimate of drug-likeness (QED) is 0.414. The maximum Gasteiger partial charge on any atom is 0.191 e. The van der Waals surface area contributed by atoms with Crippen LogP contribution in [0.5, 0.6) is 0 Å². The Kier molecular flexibility index (Phi) is 10.3. The highest BCUT2D eigenvalue weighted by Crippen LogP contribution is 2.11. The van der Waals surface area contributed by atoms with Crippen LogP contribution in [-0.2, 0) is 6.54 Å². The summed E-state index contributed by atoms with van der Waals surface area (Å²) in [6, 6.07) is 8.69. The standard InChI is InChI=1S/C14H22BrN3.HI/c1-4-11(3)18-14(16-5-2)17-10-12-6-8-13(15)9-7-12;/h6-9,11H,4-5,10H2,1-3H3,(H2,16,17,18);1H. The zero-order chi connectivity index (χ0) is 13.4. The molecule has 0 aliphatic rings. The first kappa shape index (κ1) is 18.7. The molecule has 0 aromatic heterocycles. The van der Waals surface area contributed by atoms with E-state index in [0.29, 0.717) is 12.6 Å². The SMILES string of the molecule is CCNC(=NCc1ccc(Br)cc1)NC(C)CC.I. The predicted molar refractivity (Wildman–Crippen MR) is 97.3 cm³/mol. The molecule has 0 aliphatic carbocycles. The number of benzene rings is 1. The van der Waals surface area contributed by atoms with Crippen molar-refractivity contribution in [3.8, 4) is 0 Å². The predicted octanol–water partition coefficient (Wildman–Crippen LogP) is 3.92. The largest absolute Gasteiger partial charge is 0.357 e. The zero-order valence-corrected chi connectivity index (χ0v) is 15.7. The van der Waals surface area contributed by atoms with Gasteiger partial charge in [-0.05, 0) is 38.0 Å². The number of rotatable bonds is 5. The molecule has 1 aromatic rings. The van der Waals surface area contributed by atoms with Gasteiger partial charge in [0.1, 0.15) is 0 Å². The number of nitrogens with zero attached hydrogens (tertiary/aromatic N) is 1. The molecule has 0 heterocycles. The minimum Gasteiger partial charge on any atom is -0.357 e. The van der Waals surface area contributed by atoms with E-state index in [4.69, 9.17) is 0 Å². The Morgan fingerprint density at radius 3 is 2.42 bits per heavy atom. The molecule has 0 fully saturated rings. The summed E-state index contributed by atoms with van der Waals surface area (Å²) in [4.78, 5) is 4.58. The van der Waals surface area contributed by atoms with E-state index in [-0.39, 0.29) is 24.0 Å². The van der Waals surface area contributed by atoms with E-state index in [1.807, 2.05) is 12.1 Å². The van der Waals surface area contributed by atoms with Crippen LogP contribution in [0, 0.1) is 0 Å². The highest BCUT2D eigenvalue weighted by molar-refractivity contribution is 14.0. The molecule has 1 atom stereocenters. The number of hydrogen-bond donors (Lipinski definition) is 2. The number of hydrogen-bond acceptors (Lipinski definition) is 1. The van der Waals surface area contributed by atoms with E-state index in [2.05, 4.69) is 64.5 Å². The van der Waals surface area contributed by atoms with Crippen molar-refractivity contribution in [3.63, 3.8) is 0 Å². The first-order chi connectivity index (χ1) is 8.65. The Balaban J connectivity index is 0.00000324. The summed E-state index contributed by atoms with van der Waals surface area (Å²) >= 11 is 3.43. The van der Waals surface area contributed by atoms with E-state index >= 15 is 0 Å². The van der Waals surface area contributed by atoms with Gasteiger partial charge in [0, 0.05) is 17.1 Å². The van der Waals surface area contributed by atoms with Gasteiger partial charge in [0.25, 0.3) is 0 Å². The van der Waals surface area contributed by atoms with Crippen molar-refractivity contribution in [2.45, 2.75) is 39.8 Å². The van der Waals surface area contributed by atoms with Gasteiger partial charge >= 0.3 is 0 Å². The average Bonchev–Trinajstić information content (AvgIpc) is 2.38. The molecule has 19 heavy (non-hydrogen) atoms. The molecule has 0 radical (unpaired) electrons. The Morgan fingerprint density at radius 2 is 1.89 bits per heavy atom. The molecule has 1 aromatic carbocycles. The van der Waals surface area contributed by atoms with Gasteiger partial charge in [-0.15, -0.1) is 24.0 Å². The Morgan fingerprint density at radius 1 is 1.26 bits per heavy atom. The van der Waals surface area contributed by atoms with Crippen molar-refractivity contribution in [3.05, 3.63) is 34.3 Å². The monoisotopic (exact) mass is 439 g/mol. The number of aliphatic imine (C=N–C) groups is 1. The summed E-state index contributed by atoms with van der Waals surface area (Å²) in [7, 11) is 0. The summed E-state index contributed by atoms with van der Waals surface area (Å²) in [5, 5.41) is 6.64. The third kappa shape index (κ3) is 7.77. The summed E-state index contributed by atoms with van der Waals surface area (Å²) in [6.07, 6.45) is 1.09. The second-order valence-electron chi connectivity index (χ2n) is 4.28. The van der Waals surface area contributed by atoms with Gasteiger partial charge in [-0.2, -0.15) is 0 Å². The summed E-state index contributed by atoms with van der Waals surface area (Å²) in [5.74, 6) is 0.884. The van der Waals surface area contributed by atoms with Gasteiger partial charge in [0.15, 0.2) is 5.96 Å². The zero-order valence-electron chi connectivity index (χ0n) is 11.7. The second kappa shape index (κ2) is 10.5. The van der Waals surface area contributed by atoms with E-state index in [9.17, 15) is 0 Å². The molecule has 0 saturated heterocycles. The lowest BCUT2D eigenvalue weighted by Crippen LogP contribution is -2.41. The lowest BCUT2D eigenvalue weighted by Gasteiger charge is -2.16. The Labute approximate surface area is 141 Å². The lowest BCUT2D eigenvalue weighted by atomic mass is 10.2. The summed E-state index contributed by atoms with van der Waals surface area (Å²) < 4.78 is 1.10. The van der Waals surface area contributed by atoms with Crippen LogP contribution in [0.25, 0.3) is 0 Å². The molecule has 3 nitrogen and oxygen atoms in total. The fourth-order valence-corrected chi connectivity index (χ4v) is 1.68. The molecule has 0 bridgehead atoms. The average molecular weight is 440 g/mol. The van der Waals surface area contributed by atoms with Gasteiger partial charge in [-0.3, -0.25) is 0 Å². The van der Waals surface area contributed by atoms with E-state index in [1.54, 1.807) is 0 Å². The first-order valence-corrected chi connectivity index (χ1v) is 7.24. The molecule has 1 rings (SSSR count). The highest BCUT2D eigenvalue weighted by Gasteiger charge is 2.02. The smallest absolute Gasteiger partial charge is 0.191 e. The molecule has 5 heteroatoms. The van der Waals surface area contributed by atoms with E-state index < -0.39 is 0 Å². The third-order valence-electron chi connectivity index (χ3n) is 2.67. The molecule has 0 aliphatic heterocycles. The van der Waals surface area contributed by atoms with Gasteiger partial charge in [-0.25, -0.2) is 4.99 Å². The van der Waals surface area contributed by atoms with Crippen molar-refractivity contribution >= 4 is 45.9 Å². The van der Waals surface area contributed by atoms with Gasteiger partial charge in [0.2, 0.25) is 0 Å². The molecular formula is C14H23BrIN3. The van der Waals surface area contributed by atoms with Crippen molar-refractivity contribution < 1.29 is 0 Å². The lowest BCUT2D eigenvalue weighted by molar-refractivity contribution is 0.624. The minimum atomic E-state index is 0. The van der Waals surface area contributed by atoms with Gasteiger partial charge < -0.3 is 10.6 Å². The van der Waals surface area contributed by atoms with Crippen LogP contribution in [0.3, 0.4) is 0 Å². The first-order valence-electron chi connectivity index (χ1n) is 6.45. The van der Waals surface area contributed by atoms with Crippen molar-refractivity contribution in [2.24, 2.45) is 4.99 Å². The van der Waals surface area contributed by atoms with Gasteiger partial charge in [0.05, 0.1) is 6.54 Å². The van der Waals surface area contributed by atoms with Gasteiger partial charge in [-0.1, -0.05) is 35.0 Å². The fourth-order valence-electron chi connectivity index (χ4n) is 1.42. The molecule has 0 amide bonds. The van der Waals surface area contributed by atoms with E-state index in [0.717, 1.165) is 23.4 Å². The normalized spacial score (nSPS) is 12.5. The van der Waals surface area contributed by atoms with Crippen molar-refractivity contribution in [2.75, 3.05) is 6.54 Å². The maximum absolute atomic E-state index is 4.58. The van der Waals surface area contributed by atoms with Crippen LogP contribution in [0.2, 0.25) is 0 Å². The molecule has 1 unspecified atom stereocenters. The number of halogens is 2. The Hall–Kier alpha value is -0.300. The van der Waals surface area contributed by atoms with Crippen LogP contribution in [0.15, 0.2) is 33.7 Å². The minimum absolute atomic E-state index is 0. The fraction of sp³-hybridized carbons (Fsp3) is 0.500. The number of guanidine groups is 1. The van der Waals surface area contributed by atoms with Crippen molar-refractivity contribution in [1.29, 1.82) is 0 Å². The molecule has 0 spiro atoms. The van der Waals surface area contributed by atoms with Crippen LogP contribution in [0.4, 0.5) is 0 Å². The molecule has 108 valence electrons. The molecule has 2 N–H and O–H groups in total. The van der Waals surface area contributed by atoms with Crippen LogP contribution >= 0.6 is 39.9 Å². The van der Waals surface area contributed by atoms with Crippen molar-refractivity contribution in [1.82, 2.24) is 10.6 Å². The topological polar surface area (TPSA) is 36.4 Å². The maximum atomic E-state index is 4.58. The second-order valence-corrected chi connectivity index (χ2v) is 5.19. The number of nitrogens with one attached hydrogen (secondary N) is 2. The van der Waals surface area contributed by atoms with Crippen LogP contribution < -0.4 is 10.6 Å². The molecular weight excluding hydrogens is 417 g/mol. The third-order valence-corrected chi connectivity index (χ3v) is 3.20. The van der Waals surface area contributed by atoms with Crippen LogP contribution in [0.1, 0.15) is 32.8 Å². The summed E-state index contributed by atoms with van der Waals surface area (Å²) in [6.45, 7) is 7.97.